The highest BCUT2D eigenvalue weighted by Crippen LogP contribution is 2.28. The lowest BCUT2D eigenvalue weighted by molar-refractivity contribution is 0.0969. The summed E-state index contributed by atoms with van der Waals surface area (Å²) in [7, 11) is 1.23. The van der Waals surface area contributed by atoms with E-state index in [0.29, 0.717) is 30.6 Å². The van der Waals surface area contributed by atoms with Crippen LogP contribution < -0.4 is 0 Å². The van der Waals surface area contributed by atoms with Crippen molar-refractivity contribution in [1.82, 2.24) is 0 Å². The van der Waals surface area contributed by atoms with Crippen LogP contribution in [0.1, 0.15) is 29.0 Å². The van der Waals surface area contributed by atoms with Gasteiger partial charge in [-0.1, -0.05) is 0 Å². The molecule has 0 saturated carbocycles. The molecule has 0 N–H and O–H groups in total. The number of aryl methyl sites for hydroxylation is 1. The van der Waals surface area contributed by atoms with Gasteiger partial charge in [0, 0.05) is 29.6 Å². The third-order valence-electron chi connectivity index (χ3n) is 2.13. The average Bonchev–Trinajstić information content (AvgIpc) is 2.48. The minimum atomic E-state index is -3.87. The van der Waals surface area contributed by atoms with Gasteiger partial charge in [-0.05, 0) is 6.42 Å². The number of hydrogen-bond donors (Lipinski definition) is 0. The molecule has 1 aromatic rings. The molecule has 1 aromatic heterocycles. The van der Waals surface area contributed by atoms with Crippen LogP contribution in [0.3, 0.4) is 0 Å². The number of hydrogen-bond acceptors (Lipinski definition) is 4. The SMILES string of the molecule is O=C1CCCc2oc(S(=O)(=O)Cl)cc21. The number of rotatable bonds is 1. The van der Waals surface area contributed by atoms with Gasteiger partial charge >= 0.3 is 0 Å². The zero-order valence-electron chi connectivity index (χ0n) is 7.12. The van der Waals surface area contributed by atoms with Crippen LogP contribution in [0.4, 0.5) is 0 Å². The van der Waals surface area contributed by atoms with Gasteiger partial charge in [0.15, 0.2) is 5.78 Å². The topological polar surface area (TPSA) is 64.3 Å². The van der Waals surface area contributed by atoms with Crippen molar-refractivity contribution in [2.24, 2.45) is 0 Å². The molecule has 0 aromatic carbocycles. The van der Waals surface area contributed by atoms with E-state index in [0.717, 1.165) is 0 Å². The van der Waals surface area contributed by atoms with Gasteiger partial charge in [0.2, 0.25) is 5.09 Å². The molecule has 76 valence electrons. The van der Waals surface area contributed by atoms with E-state index in [1.807, 2.05) is 0 Å². The number of carbonyl (C=O) groups is 1. The van der Waals surface area contributed by atoms with Crippen LogP contribution in [-0.2, 0) is 15.5 Å². The Labute approximate surface area is 85.3 Å². The van der Waals surface area contributed by atoms with Crippen LogP contribution in [0.5, 0.6) is 0 Å². The summed E-state index contributed by atoms with van der Waals surface area (Å²) in [4.78, 5) is 11.3. The second-order valence-electron chi connectivity index (χ2n) is 3.12. The van der Waals surface area contributed by atoms with E-state index in [1.54, 1.807) is 0 Å². The molecular formula is C8H7ClO4S. The first kappa shape index (κ1) is 9.73. The standard InChI is InChI=1S/C8H7ClO4S/c9-14(11,12)8-4-5-6(10)2-1-3-7(5)13-8/h4H,1-3H2. The minimum absolute atomic E-state index is 0.0819. The van der Waals surface area contributed by atoms with Crippen molar-refractivity contribution in [2.45, 2.75) is 24.4 Å². The van der Waals surface area contributed by atoms with Crippen LogP contribution in [0.15, 0.2) is 15.6 Å². The lowest BCUT2D eigenvalue weighted by atomic mass is 9.98. The van der Waals surface area contributed by atoms with E-state index in [-0.39, 0.29) is 10.9 Å². The molecule has 0 atom stereocenters. The zero-order valence-corrected chi connectivity index (χ0v) is 8.69. The largest absolute Gasteiger partial charge is 0.448 e. The van der Waals surface area contributed by atoms with Gasteiger partial charge in [-0.15, -0.1) is 0 Å². The first-order valence-corrected chi connectivity index (χ1v) is 6.40. The number of carbonyl (C=O) groups excluding carboxylic acids is 1. The van der Waals surface area contributed by atoms with Crippen LogP contribution in [0, 0.1) is 0 Å². The van der Waals surface area contributed by atoms with Crippen molar-refractivity contribution >= 4 is 25.5 Å². The molecule has 2 rings (SSSR count). The molecule has 0 fully saturated rings. The van der Waals surface area contributed by atoms with E-state index >= 15 is 0 Å². The van der Waals surface area contributed by atoms with E-state index in [1.165, 1.54) is 6.07 Å². The highest BCUT2D eigenvalue weighted by molar-refractivity contribution is 8.13. The third-order valence-corrected chi connectivity index (χ3v) is 3.27. The van der Waals surface area contributed by atoms with Gasteiger partial charge in [0.05, 0.1) is 5.56 Å². The quantitative estimate of drug-likeness (QED) is 0.694. The molecule has 6 heteroatoms. The third kappa shape index (κ3) is 1.57. The summed E-state index contributed by atoms with van der Waals surface area (Å²) in [5, 5.41) is -0.334. The molecule has 1 aliphatic rings. The van der Waals surface area contributed by atoms with Crippen molar-refractivity contribution in [2.75, 3.05) is 0 Å². The fourth-order valence-electron chi connectivity index (χ4n) is 1.49. The summed E-state index contributed by atoms with van der Waals surface area (Å²) >= 11 is 0. The van der Waals surface area contributed by atoms with Crippen LogP contribution >= 0.6 is 10.7 Å². The molecule has 0 aliphatic heterocycles. The lowest BCUT2D eigenvalue weighted by Crippen LogP contribution is -2.07. The molecule has 0 radical (unpaired) electrons. The molecule has 1 heterocycles. The molecule has 14 heavy (non-hydrogen) atoms. The average molecular weight is 235 g/mol. The first-order chi connectivity index (χ1) is 6.48. The van der Waals surface area contributed by atoms with Crippen molar-refractivity contribution in [3.63, 3.8) is 0 Å². The van der Waals surface area contributed by atoms with Crippen molar-refractivity contribution < 1.29 is 17.6 Å². The Morgan fingerprint density at radius 3 is 2.64 bits per heavy atom. The maximum absolute atomic E-state index is 11.3. The molecule has 0 unspecified atom stereocenters. The zero-order chi connectivity index (χ0) is 10.3. The molecule has 0 amide bonds. The molecular weight excluding hydrogens is 228 g/mol. The number of halogens is 1. The van der Waals surface area contributed by atoms with Crippen molar-refractivity contribution in [3.05, 3.63) is 17.4 Å². The van der Waals surface area contributed by atoms with Gasteiger partial charge < -0.3 is 4.42 Å². The smallest absolute Gasteiger partial charge is 0.294 e. The summed E-state index contributed by atoms with van der Waals surface area (Å²) in [6.45, 7) is 0. The highest BCUT2D eigenvalue weighted by Gasteiger charge is 2.26. The fourth-order valence-corrected chi connectivity index (χ4v) is 2.18. The van der Waals surface area contributed by atoms with E-state index in [4.69, 9.17) is 15.1 Å². The summed E-state index contributed by atoms with van der Waals surface area (Å²) in [5.74, 6) is 0.349. The summed E-state index contributed by atoms with van der Waals surface area (Å²) in [5.41, 5.74) is 0.357. The molecule has 0 saturated heterocycles. The summed E-state index contributed by atoms with van der Waals surface area (Å²) in [6, 6.07) is 1.21. The Morgan fingerprint density at radius 1 is 1.36 bits per heavy atom. The Kier molecular flexibility index (Phi) is 2.16. The predicted octanol–water partition coefficient (Wildman–Crippen LogP) is 1.73. The Balaban J connectivity index is 2.56. The maximum atomic E-state index is 11.3. The summed E-state index contributed by atoms with van der Waals surface area (Å²) < 4.78 is 26.8. The molecule has 0 spiro atoms. The van der Waals surface area contributed by atoms with Crippen LogP contribution in [0.25, 0.3) is 0 Å². The Hall–Kier alpha value is -0.810. The van der Waals surface area contributed by atoms with Crippen LogP contribution in [-0.4, -0.2) is 14.2 Å². The predicted molar refractivity (Wildman–Crippen MR) is 49.0 cm³/mol. The molecule has 4 nitrogen and oxygen atoms in total. The van der Waals surface area contributed by atoms with Gasteiger partial charge in [-0.2, -0.15) is 0 Å². The number of Topliss-reactive ketones (excluding diaryl/α,β-unsaturated/α-hetero) is 1. The fraction of sp³-hybridized carbons (Fsp3) is 0.375. The van der Waals surface area contributed by atoms with Gasteiger partial charge in [0.1, 0.15) is 5.76 Å². The monoisotopic (exact) mass is 234 g/mol. The molecule has 1 aliphatic carbocycles. The second kappa shape index (κ2) is 3.10. The van der Waals surface area contributed by atoms with Gasteiger partial charge in [-0.3, -0.25) is 4.79 Å². The van der Waals surface area contributed by atoms with Crippen LogP contribution in [0.2, 0.25) is 0 Å². The number of ketones is 1. The number of furan rings is 1. The maximum Gasteiger partial charge on any atom is 0.294 e. The molecule has 0 bridgehead atoms. The summed E-state index contributed by atoms with van der Waals surface area (Å²) in [6.07, 6.45) is 1.73. The van der Waals surface area contributed by atoms with Crippen molar-refractivity contribution in [3.8, 4) is 0 Å². The van der Waals surface area contributed by atoms with Gasteiger partial charge in [-0.25, -0.2) is 8.42 Å². The Morgan fingerprint density at radius 2 is 2.07 bits per heavy atom. The number of fused-ring (bicyclic) bond motifs is 1. The Bertz CT molecular complexity index is 485. The second-order valence-corrected chi connectivity index (χ2v) is 5.61. The van der Waals surface area contributed by atoms with E-state index in [9.17, 15) is 13.2 Å². The first-order valence-electron chi connectivity index (χ1n) is 4.09. The lowest BCUT2D eigenvalue weighted by Gasteiger charge is -2.06. The highest BCUT2D eigenvalue weighted by atomic mass is 35.7. The van der Waals surface area contributed by atoms with E-state index < -0.39 is 9.05 Å². The van der Waals surface area contributed by atoms with E-state index in [2.05, 4.69) is 0 Å². The van der Waals surface area contributed by atoms with Gasteiger partial charge in [0.25, 0.3) is 9.05 Å². The minimum Gasteiger partial charge on any atom is -0.448 e. The normalized spacial score (nSPS) is 16.8. The van der Waals surface area contributed by atoms with Crippen molar-refractivity contribution in [1.29, 1.82) is 0 Å².